The van der Waals surface area contributed by atoms with E-state index in [2.05, 4.69) is 10.2 Å². The monoisotopic (exact) mass is 399 g/mol. The standard InChI is InChI=1S/C21H25N3O5/c1-10-11(2)18-13(12(3)17(10)25)5-7-21(4,29-18)20(28)24-8-6-15-14(9-24)16(19(26)27)23-22-15/h25H,5-9H2,1-4H3,(H,22,23)(H,26,27). The summed E-state index contributed by atoms with van der Waals surface area (Å²) in [4.78, 5) is 26.5. The average molecular weight is 399 g/mol. The van der Waals surface area contributed by atoms with E-state index in [9.17, 15) is 19.8 Å². The van der Waals surface area contributed by atoms with E-state index in [-0.39, 0.29) is 23.9 Å². The lowest BCUT2D eigenvalue weighted by atomic mass is 9.86. The third kappa shape index (κ3) is 2.85. The van der Waals surface area contributed by atoms with E-state index in [1.165, 1.54) is 0 Å². The molecule has 2 aromatic rings. The number of aromatic hydroxyl groups is 1. The quantitative estimate of drug-likeness (QED) is 0.714. The zero-order valence-electron chi connectivity index (χ0n) is 17.0. The van der Waals surface area contributed by atoms with E-state index in [1.54, 1.807) is 11.8 Å². The smallest absolute Gasteiger partial charge is 0.356 e. The number of aromatic amines is 1. The van der Waals surface area contributed by atoms with E-state index in [0.29, 0.717) is 37.1 Å². The number of carboxylic acids is 1. The number of aromatic nitrogens is 2. The summed E-state index contributed by atoms with van der Waals surface area (Å²) in [5, 5.41) is 26.3. The van der Waals surface area contributed by atoms with Crippen LogP contribution in [-0.4, -0.2) is 49.3 Å². The normalized spacial score (nSPS) is 20.6. The maximum atomic E-state index is 13.4. The Balaban J connectivity index is 1.64. The second-order valence-electron chi connectivity index (χ2n) is 8.18. The summed E-state index contributed by atoms with van der Waals surface area (Å²) in [7, 11) is 0. The number of hydrogen-bond donors (Lipinski definition) is 3. The number of fused-ring (bicyclic) bond motifs is 2. The van der Waals surface area contributed by atoms with Gasteiger partial charge in [0, 0.05) is 36.2 Å². The van der Waals surface area contributed by atoms with E-state index in [1.807, 2.05) is 20.8 Å². The second-order valence-corrected chi connectivity index (χ2v) is 8.18. The molecule has 29 heavy (non-hydrogen) atoms. The Morgan fingerprint density at radius 1 is 1.14 bits per heavy atom. The molecule has 1 amide bonds. The lowest BCUT2D eigenvalue weighted by Gasteiger charge is -2.40. The Kier molecular flexibility index (Phi) is 4.33. The van der Waals surface area contributed by atoms with Crippen LogP contribution in [0.3, 0.4) is 0 Å². The maximum absolute atomic E-state index is 13.4. The van der Waals surface area contributed by atoms with Gasteiger partial charge >= 0.3 is 5.97 Å². The number of amides is 1. The molecule has 154 valence electrons. The fraction of sp³-hybridized carbons (Fsp3) is 0.476. The number of phenolic OH excluding ortho intramolecular Hbond substituents is 1. The third-order valence-corrected chi connectivity index (χ3v) is 6.40. The van der Waals surface area contributed by atoms with Gasteiger partial charge in [-0.2, -0.15) is 5.10 Å². The van der Waals surface area contributed by atoms with Gasteiger partial charge in [0.25, 0.3) is 5.91 Å². The van der Waals surface area contributed by atoms with Crippen LogP contribution in [-0.2, 0) is 24.2 Å². The average Bonchev–Trinajstić information content (AvgIpc) is 3.13. The van der Waals surface area contributed by atoms with Gasteiger partial charge in [0.05, 0.1) is 6.54 Å². The predicted molar refractivity (Wildman–Crippen MR) is 104 cm³/mol. The minimum absolute atomic E-state index is 0.0323. The van der Waals surface area contributed by atoms with Crippen molar-refractivity contribution >= 4 is 11.9 Å². The molecular weight excluding hydrogens is 374 g/mol. The van der Waals surface area contributed by atoms with Crippen molar-refractivity contribution in [3.8, 4) is 11.5 Å². The zero-order chi connectivity index (χ0) is 21.1. The first-order valence-electron chi connectivity index (χ1n) is 9.73. The van der Waals surface area contributed by atoms with Crippen LogP contribution in [0, 0.1) is 20.8 Å². The number of H-pyrrole nitrogens is 1. The summed E-state index contributed by atoms with van der Waals surface area (Å²) >= 11 is 0. The number of aromatic carboxylic acids is 1. The molecule has 0 radical (unpaired) electrons. The molecule has 0 saturated heterocycles. The summed E-state index contributed by atoms with van der Waals surface area (Å²) in [6.45, 7) is 8.07. The number of nitrogens with zero attached hydrogens (tertiary/aromatic N) is 2. The molecule has 3 heterocycles. The Labute approximate surface area is 168 Å². The summed E-state index contributed by atoms with van der Waals surface area (Å²) in [6, 6.07) is 0. The number of ether oxygens (including phenoxy) is 1. The molecule has 3 N–H and O–H groups in total. The number of carboxylic acid groups (broad SMARTS) is 1. The first-order valence-corrected chi connectivity index (χ1v) is 9.73. The van der Waals surface area contributed by atoms with Crippen LogP contribution in [0.2, 0.25) is 0 Å². The van der Waals surface area contributed by atoms with Crippen LogP contribution in [0.25, 0.3) is 0 Å². The molecule has 0 spiro atoms. The van der Waals surface area contributed by atoms with Gasteiger partial charge in [-0.15, -0.1) is 0 Å². The molecule has 0 fully saturated rings. The Hall–Kier alpha value is -3.03. The van der Waals surface area contributed by atoms with Gasteiger partial charge in [-0.3, -0.25) is 9.89 Å². The molecule has 1 aromatic heterocycles. The topological polar surface area (TPSA) is 116 Å². The molecule has 1 atom stereocenters. The van der Waals surface area contributed by atoms with Gasteiger partial charge in [-0.1, -0.05) is 0 Å². The van der Waals surface area contributed by atoms with Crippen molar-refractivity contribution in [3.05, 3.63) is 39.2 Å². The van der Waals surface area contributed by atoms with Crippen LogP contribution in [0.15, 0.2) is 0 Å². The predicted octanol–water partition coefficient (Wildman–Crippen LogP) is 2.41. The zero-order valence-corrected chi connectivity index (χ0v) is 17.0. The molecule has 0 aliphatic carbocycles. The van der Waals surface area contributed by atoms with Crippen LogP contribution >= 0.6 is 0 Å². The minimum Gasteiger partial charge on any atom is -0.507 e. The van der Waals surface area contributed by atoms with Gasteiger partial charge in [-0.25, -0.2) is 4.79 Å². The third-order valence-electron chi connectivity index (χ3n) is 6.40. The largest absolute Gasteiger partial charge is 0.507 e. The van der Waals surface area contributed by atoms with Crippen molar-refractivity contribution < 1.29 is 24.5 Å². The fourth-order valence-electron chi connectivity index (χ4n) is 4.38. The number of hydrogen-bond acceptors (Lipinski definition) is 5. The van der Waals surface area contributed by atoms with Gasteiger partial charge in [0.1, 0.15) is 11.5 Å². The highest BCUT2D eigenvalue weighted by molar-refractivity contribution is 5.89. The summed E-state index contributed by atoms with van der Waals surface area (Å²) in [5.41, 5.74) is 3.59. The number of carbonyl (C=O) groups excluding carboxylic acids is 1. The summed E-state index contributed by atoms with van der Waals surface area (Å²) in [5.74, 6) is -0.307. The van der Waals surface area contributed by atoms with Crippen LogP contribution in [0.5, 0.6) is 11.5 Å². The van der Waals surface area contributed by atoms with Crippen molar-refractivity contribution in [2.45, 2.75) is 59.1 Å². The molecule has 8 nitrogen and oxygen atoms in total. The van der Waals surface area contributed by atoms with Crippen molar-refractivity contribution in [1.82, 2.24) is 15.1 Å². The lowest BCUT2D eigenvalue weighted by Crippen LogP contribution is -2.53. The number of phenols is 1. The molecule has 1 unspecified atom stereocenters. The van der Waals surface area contributed by atoms with E-state index < -0.39 is 11.6 Å². The van der Waals surface area contributed by atoms with E-state index in [4.69, 9.17) is 4.74 Å². The molecule has 4 rings (SSSR count). The SMILES string of the molecule is Cc1c(C)c2c(c(C)c1O)CCC(C)(C(=O)N1CCc3[nH]nc(C(=O)O)c3C1)O2. The molecule has 1 aromatic carbocycles. The molecule has 2 aliphatic rings. The highest BCUT2D eigenvalue weighted by atomic mass is 16.5. The Morgan fingerprint density at radius 3 is 2.55 bits per heavy atom. The molecule has 0 bridgehead atoms. The number of carbonyl (C=O) groups is 2. The Bertz CT molecular complexity index is 1040. The highest BCUT2D eigenvalue weighted by Crippen LogP contribution is 2.44. The minimum atomic E-state index is -1.10. The van der Waals surface area contributed by atoms with Gasteiger partial charge < -0.3 is 19.8 Å². The van der Waals surface area contributed by atoms with Crippen LogP contribution in [0.4, 0.5) is 0 Å². The number of nitrogens with one attached hydrogen (secondary N) is 1. The molecular formula is C21H25N3O5. The molecule has 8 heteroatoms. The van der Waals surface area contributed by atoms with Crippen molar-refractivity contribution in [2.75, 3.05) is 6.54 Å². The van der Waals surface area contributed by atoms with E-state index in [0.717, 1.165) is 27.9 Å². The van der Waals surface area contributed by atoms with Crippen LogP contribution < -0.4 is 4.74 Å². The van der Waals surface area contributed by atoms with E-state index >= 15 is 0 Å². The summed E-state index contributed by atoms with van der Waals surface area (Å²) < 4.78 is 6.29. The first kappa shape index (κ1) is 19.3. The fourth-order valence-corrected chi connectivity index (χ4v) is 4.38. The van der Waals surface area contributed by atoms with Gasteiger partial charge in [0.15, 0.2) is 11.3 Å². The number of benzene rings is 1. The Morgan fingerprint density at radius 2 is 1.86 bits per heavy atom. The summed E-state index contributed by atoms with van der Waals surface area (Å²) in [6.07, 6.45) is 1.64. The van der Waals surface area contributed by atoms with Gasteiger partial charge in [-0.05, 0) is 50.8 Å². The van der Waals surface area contributed by atoms with Gasteiger partial charge in [0.2, 0.25) is 0 Å². The number of rotatable bonds is 2. The lowest BCUT2D eigenvalue weighted by molar-refractivity contribution is -0.149. The van der Waals surface area contributed by atoms with Crippen LogP contribution in [0.1, 0.15) is 57.3 Å². The first-order chi connectivity index (χ1) is 13.6. The van der Waals surface area contributed by atoms with Crippen molar-refractivity contribution in [3.63, 3.8) is 0 Å². The second kappa shape index (κ2) is 6.50. The maximum Gasteiger partial charge on any atom is 0.356 e. The highest BCUT2D eigenvalue weighted by Gasteiger charge is 2.44. The molecule has 0 saturated carbocycles. The van der Waals surface area contributed by atoms with Crippen molar-refractivity contribution in [1.29, 1.82) is 0 Å². The van der Waals surface area contributed by atoms with Crippen molar-refractivity contribution in [2.24, 2.45) is 0 Å². The molecule has 2 aliphatic heterocycles.